The number of benzene rings is 3. The lowest BCUT2D eigenvalue weighted by Crippen LogP contribution is -2.00. The molecule has 0 saturated heterocycles. The summed E-state index contributed by atoms with van der Waals surface area (Å²) in [5.41, 5.74) is 6.51. The van der Waals surface area contributed by atoms with Crippen LogP contribution in [0.1, 0.15) is 0 Å². The van der Waals surface area contributed by atoms with Gasteiger partial charge in [-0.1, -0.05) is 96.2 Å². The smallest absolute Gasteiger partial charge is 0.164 e. The summed E-state index contributed by atoms with van der Waals surface area (Å²) < 4.78 is 1.80. The average Bonchev–Trinajstić information content (AvgIpc) is 3.73. The molecule has 0 fully saturated rings. The maximum atomic E-state index is 4.81. The zero-order valence-electron chi connectivity index (χ0n) is 21.2. The van der Waals surface area contributed by atoms with E-state index in [4.69, 9.17) is 15.0 Å². The molecular weight excluding hydrogens is 514 g/mol. The summed E-state index contributed by atoms with van der Waals surface area (Å²) in [6, 6.07) is 36.0. The summed E-state index contributed by atoms with van der Waals surface area (Å²) in [5.74, 6) is 1.89. The Morgan fingerprint density at radius 1 is 0.525 bits per heavy atom. The SMILES string of the molecule is c1ccc(-c2nc(-c3ccccc3)nc(-c3ccc(-c4cn(-c5cc(-c6ccccn6)cs5)nn4)cc3)n2)cc1. The van der Waals surface area contributed by atoms with Gasteiger partial charge in [-0.15, -0.1) is 16.4 Å². The summed E-state index contributed by atoms with van der Waals surface area (Å²) in [6.07, 6.45) is 3.73. The third-order valence-corrected chi connectivity index (χ3v) is 7.32. The lowest BCUT2D eigenvalue weighted by molar-refractivity contribution is 0.815. The molecule has 0 aliphatic carbocycles. The maximum Gasteiger partial charge on any atom is 0.164 e. The molecule has 0 saturated carbocycles. The number of hydrogen-bond acceptors (Lipinski definition) is 7. The zero-order chi connectivity index (χ0) is 26.7. The number of thiophene rings is 1. The third kappa shape index (κ3) is 4.79. The molecule has 0 atom stereocenters. The maximum absolute atomic E-state index is 4.81. The molecule has 0 aliphatic rings. The first-order chi connectivity index (χ1) is 19.8. The van der Waals surface area contributed by atoms with E-state index in [1.807, 2.05) is 109 Å². The minimum Gasteiger partial charge on any atom is -0.256 e. The van der Waals surface area contributed by atoms with Crippen molar-refractivity contribution in [1.29, 1.82) is 0 Å². The molecule has 4 aromatic heterocycles. The summed E-state index contributed by atoms with van der Waals surface area (Å²) in [4.78, 5) is 18.8. The molecule has 4 heterocycles. The molecule has 190 valence electrons. The summed E-state index contributed by atoms with van der Waals surface area (Å²) in [6.45, 7) is 0. The zero-order valence-corrected chi connectivity index (χ0v) is 22.0. The van der Waals surface area contributed by atoms with Crippen LogP contribution in [0.2, 0.25) is 0 Å². The molecule has 7 nitrogen and oxygen atoms in total. The van der Waals surface area contributed by atoms with Gasteiger partial charge in [-0.2, -0.15) is 0 Å². The largest absolute Gasteiger partial charge is 0.256 e. The fourth-order valence-corrected chi connectivity index (χ4v) is 5.17. The second-order valence-corrected chi connectivity index (χ2v) is 9.94. The van der Waals surface area contributed by atoms with E-state index in [0.717, 1.165) is 44.2 Å². The van der Waals surface area contributed by atoms with Crippen LogP contribution in [0.4, 0.5) is 0 Å². The number of aromatic nitrogens is 7. The predicted molar refractivity (Wildman–Crippen MR) is 158 cm³/mol. The highest BCUT2D eigenvalue weighted by Gasteiger charge is 2.13. The molecule has 7 aromatic rings. The van der Waals surface area contributed by atoms with E-state index in [1.54, 1.807) is 22.2 Å². The van der Waals surface area contributed by atoms with Gasteiger partial charge in [0.15, 0.2) is 17.5 Å². The van der Waals surface area contributed by atoms with Gasteiger partial charge in [0.2, 0.25) is 0 Å². The molecule has 0 amide bonds. The minimum atomic E-state index is 0.614. The quantitative estimate of drug-likeness (QED) is 0.223. The average molecular weight is 536 g/mol. The number of hydrogen-bond donors (Lipinski definition) is 0. The van der Waals surface area contributed by atoms with Gasteiger partial charge < -0.3 is 0 Å². The molecule has 3 aromatic carbocycles. The van der Waals surface area contributed by atoms with Crippen LogP contribution >= 0.6 is 11.3 Å². The van der Waals surface area contributed by atoms with E-state index >= 15 is 0 Å². The first kappa shape index (κ1) is 23.8. The van der Waals surface area contributed by atoms with Gasteiger partial charge in [0.25, 0.3) is 0 Å². The Bertz CT molecular complexity index is 1820. The molecule has 0 radical (unpaired) electrons. The molecule has 40 heavy (non-hydrogen) atoms. The van der Waals surface area contributed by atoms with Gasteiger partial charge in [-0.25, -0.2) is 19.6 Å². The molecule has 0 unspecified atom stereocenters. The van der Waals surface area contributed by atoms with Gasteiger partial charge in [-0.05, 0) is 18.2 Å². The minimum absolute atomic E-state index is 0.614. The fourth-order valence-electron chi connectivity index (χ4n) is 4.34. The standard InChI is InChI=1S/C32H21N7S/c1-3-9-23(10-4-1)30-34-31(24-11-5-2-6-12-24)36-32(35-30)25-16-14-22(15-17-25)28-20-39(38-37-28)29-19-26(21-40-29)27-13-7-8-18-33-27/h1-21H. The summed E-state index contributed by atoms with van der Waals surface area (Å²) in [5, 5.41) is 11.8. The Morgan fingerprint density at radius 3 is 1.70 bits per heavy atom. The van der Waals surface area contributed by atoms with Gasteiger partial charge in [0, 0.05) is 39.4 Å². The summed E-state index contributed by atoms with van der Waals surface area (Å²) in [7, 11) is 0. The van der Waals surface area contributed by atoms with Gasteiger partial charge in [0.05, 0.1) is 11.9 Å². The number of nitrogens with zero attached hydrogens (tertiary/aromatic N) is 7. The van der Waals surface area contributed by atoms with Crippen molar-refractivity contribution in [2.75, 3.05) is 0 Å². The van der Waals surface area contributed by atoms with Crippen LogP contribution in [0.5, 0.6) is 0 Å². The van der Waals surface area contributed by atoms with Crippen LogP contribution in [0.15, 0.2) is 127 Å². The normalized spacial score (nSPS) is 11.0. The van der Waals surface area contributed by atoms with E-state index in [9.17, 15) is 0 Å². The predicted octanol–water partition coefficient (Wildman–Crippen LogP) is 7.24. The molecule has 0 aliphatic heterocycles. The van der Waals surface area contributed by atoms with Gasteiger partial charge in [0.1, 0.15) is 10.7 Å². The van der Waals surface area contributed by atoms with Crippen molar-refractivity contribution in [3.8, 4) is 61.7 Å². The highest BCUT2D eigenvalue weighted by molar-refractivity contribution is 7.13. The van der Waals surface area contributed by atoms with Crippen LogP contribution in [0, 0.1) is 0 Å². The Labute approximate surface area is 234 Å². The highest BCUT2D eigenvalue weighted by Crippen LogP contribution is 2.29. The third-order valence-electron chi connectivity index (χ3n) is 6.40. The second-order valence-electron chi connectivity index (χ2n) is 9.05. The fraction of sp³-hybridized carbons (Fsp3) is 0. The molecule has 0 bridgehead atoms. The summed E-state index contributed by atoms with van der Waals surface area (Å²) >= 11 is 1.60. The van der Waals surface area contributed by atoms with E-state index in [1.165, 1.54) is 0 Å². The first-order valence-corrected chi connectivity index (χ1v) is 13.6. The van der Waals surface area contributed by atoms with E-state index in [0.29, 0.717) is 17.5 Å². The van der Waals surface area contributed by atoms with Crippen LogP contribution in [0.3, 0.4) is 0 Å². The number of rotatable bonds is 6. The Hall–Kier alpha value is -5.34. The van der Waals surface area contributed by atoms with Crippen molar-refractivity contribution in [1.82, 2.24) is 34.9 Å². The molecule has 0 N–H and O–H groups in total. The van der Waals surface area contributed by atoms with Gasteiger partial charge >= 0.3 is 0 Å². The van der Waals surface area contributed by atoms with Crippen molar-refractivity contribution in [3.63, 3.8) is 0 Å². The van der Waals surface area contributed by atoms with Crippen LogP contribution in [-0.2, 0) is 0 Å². The van der Waals surface area contributed by atoms with Crippen LogP contribution < -0.4 is 0 Å². The molecule has 8 heteroatoms. The van der Waals surface area contributed by atoms with Crippen molar-refractivity contribution in [2.24, 2.45) is 0 Å². The van der Waals surface area contributed by atoms with E-state index in [-0.39, 0.29) is 0 Å². The van der Waals surface area contributed by atoms with Crippen molar-refractivity contribution in [3.05, 3.63) is 127 Å². The molecule has 0 spiro atoms. The van der Waals surface area contributed by atoms with Crippen LogP contribution in [-0.4, -0.2) is 34.9 Å². The Morgan fingerprint density at radius 2 is 1.10 bits per heavy atom. The van der Waals surface area contributed by atoms with E-state index < -0.39 is 0 Å². The van der Waals surface area contributed by atoms with Crippen molar-refractivity contribution < 1.29 is 0 Å². The highest BCUT2D eigenvalue weighted by atomic mass is 32.1. The van der Waals surface area contributed by atoms with E-state index in [2.05, 4.69) is 26.7 Å². The molecule has 7 rings (SSSR count). The van der Waals surface area contributed by atoms with Crippen molar-refractivity contribution in [2.45, 2.75) is 0 Å². The monoisotopic (exact) mass is 535 g/mol. The van der Waals surface area contributed by atoms with Gasteiger partial charge in [-0.3, -0.25) is 4.98 Å². The van der Waals surface area contributed by atoms with Crippen LogP contribution in [0.25, 0.3) is 61.7 Å². The molecular formula is C32H21N7S. The lowest BCUT2D eigenvalue weighted by atomic mass is 10.1. The lowest BCUT2D eigenvalue weighted by Gasteiger charge is -2.08. The topological polar surface area (TPSA) is 82.3 Å². The second kappa shape index (κ2) is 10.4. The number of pyridine rings is 1. The van der Waals surface area contributed by atoms with Crippen molar-refractivity contribution >= 4 is 11.3 Å². The Kier molecular flexibility index (Phi) is 6.20. The first-order valence-electron chi connectivity index (χ1n) is 12.7. The Balaban J connectivity index is 1.19.